The highest BCUT2D eigenvalue weighted by Gasteiger charge is 2.17. The first-order chi connectivity index (χ1) is 10.0. The Balaban J connectivity index is 2.77. The van der Waals surface area contributed by atoms with Crippen LogP contribution in [-0.2, 0) is 9.53 Å². The van der Waals surface area contributed by atoms with E-state index >= 15 is 0 Å². The summed E-state index contributed by atoms with van der Waals surface area (Å²) < 4.78 is 15.7. The van der Waals surface area contributed by atoms with Crippen LogP contribution in [0.2, 0.25) is 0 Å². The van der Waals surface area contributed by atoms with Crippen LogP contribution >= 0.6 is 15.9 Å². The van der Waals surface area contributed by atoms with Crippen LogP contribution in [0, 0.1) is 0 Å². The maximum Gasteiger partial charge on any atom is 0.307 e. The van der Waals surface area contributed by atoms with E-state index in [9.17, 15) is 9.59 Å². The SMILES string of the molecule is CCOC(=O)CCNC(=O)c1cc(OC)cc(Br)c1OC. The van der Waals surface area contributed by atoms with Gasteiger partial charge < -0.3 is 19.5 Å². The lowest BCUT2D eigenvalue weighted by molar-refractivity contribution is -0.142. The molecule has 7 heteroatoms. The number of ether oxygens (including phenoxy) is 3. The first-order valence-electron chi connectivity index (χ1n) is 6.38. The number of carbonyl (C=O) groups is 2. The van der Waals surface area contributed by atoms with Gasteiger partial charge >= 0.3 is 5.97 Å². The minimum atomic E-state index is -0.351. The number of rotatable bonds is 7. The molecule has 6 nitrogen and oxygen atoms in total. The number of nitrogens with one attached hydrogen (secondary N) is 1. The fourth-order valence-electron chi connectivity index (χ4n) is 1.67. The lowest BCUT2D eigenvalue weighted by Crippen LogP contribution is -2.27. The fourth-order valence-corrected chi connectivity index (χ4v) is 2.27. The Labute approximate surface area is 131 Å². The highest BCUT2D eigenvalue weighted by Crippen LogP contribution is 2.33. The van der Waals surface area contributed by atoms with Crippen molar-refractivity contribution in [2.45, 2.75) is 13.3 Å². The molecule has 0 bridgehead atoms. The molecule has 1 N–H and O–H groups in total. The third-order valence-corrected chi connectivity index (χ3v) is 3.21. The van der Waals surface area contributed by atoms with E-state index in [1.54, 1.807) is 19.1 Å². The van der Waals surface area contributed by atoms with Crippen LogP contribution in [0.5, 0.6) is 11.5 Å². The molecule has 0 atom stereocenters. The van der Waals surface area contributed by atoms with Gasteiger partial charge in [-0.25, -0.2) is 0 Å². The number of amides is 1. The highest BCUT2D eigenvalue weighted by molar-refractivity contribution is 9.10. The molecule has 21 heavy (non-hydrogen) atoms. The molecule has 0 aromatic heterocycles. The molecule has 0 unspecified atom stereocenters. The molecular formula is C14H18BrNO5. The van der Waals surface area contributed by atoms with Crippen LogP contribution < -0.4 is 14.8 Å². The van der Waals surface area contributed by atoms with E-state index in [0.29, 0.717) is 28.1 Å². The Kier molecular flexibility index (Phi) is 7.01. The second kappa shape index (κ2) is 8.51. The third-order valence-electron chi connectivity index (χ3n) is 2.62. The van der Waals surface area contributed by atoms with Gasteiger partial charge in [0.05, 0.1) is 37.3 Å². The van der Waals surface area contributed by atoms with Crippen LogP contribution in [0.3, 0.4) is 0 Å². The Morgan fingerprint density at radius 2 is 1.95 bits per heavy atom. The molecule has 1 aromatic carbocycles. The van der Waals surface area contributed by atoms with Gasteiger partial charge in [0.15, 0.2) is 0 Å². The summed E-state index contributed by atoms with van der Waals surface area (Å²) in [5.74, 6) is 0.231. The average molecular weight is 360 g/mol. The lowest BCUT2D eigenvalue weighted by atomic mass is 10.1. The fraction of sp³-hybridized carbons (Fsp3) is 0.429. The molecule has 0 saturated heterocycles. The highest BCUT2D eigenvalue weighted by atomic mass is 79.9. The van der Waals surface area contributed by atoms with Crippen molar-refractivity contribution in [1.82, 2.24) is 5.32 Å². The van der Waals surface area contributed by atoms with Crippen LogP contribution in [-0.4, -0.2) is 39.2 Å². The minimum absolute atomic E-state index is 0.118. The zero-order valence-electron chi connectivity index (χ0n) is 12.2. The summed E-state index contributed by atoms with van der Waals surface area (Å²) in [6, 6.07) is 3.28. The van der Waals surface area contributed by atoms with Crippen LogP contribution in [0.25, 0.3) is 0 Å². The molecule has 0 aliphatic heterocycles. The van der Waals surface area contributed by atoms with Gasteiger partial charge in [-0.2, -0.15) is 0 Å². The molecule has 1 aromatic rings. The largest absolute Gasteiger partial charge is 0.497 e. The van der Waals surface area contributed by atoms with Crippen LogP contribution in [0.4, 0.5) is 0 Å². The van der Waals surface area contributed by atoms with E-state index in [2.05, 4.69) is 21.2 Å². The van der Waals surface area contributed by atoms with E-state index < -0.39 is 0 Å². The van der Waals surface area contributed by atoms with Gasteiger partial charge in [0.2, 0.25) is 0 Å². The van der Waals surface area contributed by atoms with Gasteiger partial charge in [-0.05, 0) is 35.0 Å². The molecule has 1 rings (SSSR count). The van der Waals surface area contributed by atoms with E-state index in [-0.39, 0.29) is 24.8 Å². The van der Waals surface area contributed by atoms with Gasteiger partial charge in [0, 0.05) is 6.54 Å². The normalized spacial score (nSPS) is 9.90. The number of hydrogen-bond acceptors (Lipinski definition) is 5. The van der Waals surface area contributed by atoms with Crippen LogP contribution in [0.1, 0.15) is 23.7 Å². The predicted octanol–water partition coefficient (Wildman–Crippen LogP) is 2.15. The Morgan fingerprint density at radius 1 is 1.24 bits per heavy atom. The van der Waals surface area contributed by atoms with Gasteiger partial charge in [-0.15, -0.1) is 0 Å². The quantitative estimate of drug-likeness (QED) is 0.755. The number of benzene rings is 1. The van der Waals surface area contributed by atoms with Crippen molar-refractivity contribution in [2.75, 3.05) is 27.4 Å². The average Bonchev–Trinajstić information content (AvgIpc) is 2.46. The van der Waals surface area contributed by atoms with Gasteiger partial charge in [0.1, 0.15) is 11.5 Å². The number of methoxy groups -OCH3 is 2. The maximum absolute atomic E-state index is 12.2. The zero-order chi connectivity index (χ0) is 15.8. The van der Waals surface area contributed by atoms with E-state index in [4.69, 9.17) is 14.2 Å². The summed E-state index contributed by atoms with van der Waals surface area (Å²) in [6.07, 6.45) is 0.118. The Hall–Kier alpha value is -1.76. The minimum Gasteiger partial charge on any atom is -0.497 e. The smallest absolute Gasteiger partial charge is 0.307 e. The number of hydrogen-bond donors (Lipinski definition) is 1. The first kappa shape index (κ1) is 17.3. The molecule has 1 amide bonds. The topological polar surface area (TPSA) is 73.9 Å². The second-order valence-corrected chi connectivity index (χ2v) is 4.86. The second-order valence-electron chi connectivity index (χ2n) is 4.00. The lowest BCUT2D eigenvalue weighted by Gasteiger charge is -2.12. The summed E-state index contributed by atoms with van der Waals surface area (Å²) in [5, 5.41) is 2.65. The third kappa shape index (κ3) is 4.93. The Bertz CT molecular complexity index is 518. The van der Waals surface area contributed by atoms with E-state index in [0.717, 1.165) is 0 Å². The van der Waals surface area contributed by atoms with Crippen molar-refractivity contribution in [2.24, 2.45) is 0 Å². The van der Waals surface area contributed by atoms with Gasteiger partial charge in [-0.3, -0.25) is 9.59 Å². The monoisotopic (exact) mass is 359 g/mol. The van der Waals surface area contributed by atoms with Crippen molar-refractivity contribution in [3.63, 3.8) is 0 Å². The van der Waals surface area contributed by atoms with E-state index in [1.165, 1.54) is 14.2 Å². The molecule has 0 aliphatic carbocycles. The molecule has 0 spiro atoms. The molecule has 0 heterocycles. The summed E-state index contributed by atoms with van der Waals surface area (Å²) in [6.45, 7) is 2.24. The van der Waals surface area contributed by atoms with E-state index in [1.807, 2.05) is 0 Å². The van der Waals surface area contributed by atoms with Crippen molar-refractivity contribution >= 4 is 27.8 Å². The van der Waals surface area contributed by atoms with Gasteiger partial charge in [0.25, 0.3) is 5.91 Å². The number of esters is 1. The summed E-state index contributed by atoms with van der Waals surface area (Å²) in [5.41, 5.74) is 0.326. The van der Waals surface area contributed by atoms with Crippen molar-refractivity contribution in [3.8, 4) is 11.5 Å². The molecule has 0 saturated carbocycles. The van der Waals surface area contributed by atoms with Gasteiger partial charge in [-0.1, -0.05) is 0 Å². The van der Waals surface area contributed by atoms with Crippen molar-refractivity contribution in [3.05, 3.63) is 22.2 Å². The zero-order valence-corrected chi connectivity index (χ0v) is 13.8. The molecule has 0 aliphatic rings. The van der Waals surface area contributed by atoms with Crippen molar-refractivity contribution in [1.29, 1.82) is 0 Å². The van der Waals surface area contributed by atoms with Crippen molar-refractivity contribution < 1.29 is 23.8 Å². The molecule has 116 valence electrons. The predicted molar refractivity (Wildman–Crippen MR) is 80.8 cm³/mol. The first-order valence-corrected chi connectivity index (χ1v) is 7.18. The Morgan fingerprint density at radius 3 is 2.52 bits per heavy atom. The number of halogens is 1. The summed E-state index contributed by atoms with van der Waals surface area (Å²) >= 11 is 3.32. The summed E-state index contributed by atoms with van der Waals surface area (Å²) in [7, 11) is 2.98. The summed E-state index contributed by atoms with van der Waals surface area (Å²) in [4.78, 5) is 23.4. The molecule has 0 radical (unpaired) electrons. The standard InChI is InChI=1S/C14H18BrNO5/c1-4-21-12(17)5-6-16-14(18)10-7-9(19-2)8-11(15)13(10)20-3/h7-8H,4-6H2,1-3H3,(H,16,18). The molecule has 0 fully saturated rings. The molecular weight excluding hydrogens is 342 g/mol. The maximum atomic E-state index is 12.2. The number of carbonyl (C=O) groups excluding carboxylic acids is 2. The van der Waals surface area contributed by atoms with Crippen LogP contribution in [0.15, 0.2) is 16.6 Å².